The monoisotopic (exact) mass is 508 g/mol. The Labute approximate surface area is 213 Å². The molecule has 2 amide bonds. The van der Waals surface area contributed by atoms with Crippen LogP contribution in [0.4, 0.5) is 16.2 Å². The van der Waals surface area contributed by atoms with Crippen molar-refractivity contribution in [3.05, 3.63) is 70.2 Å². The zero-order valence-corrected chi connectivity index (χ0v) is 20.6. The lowest BCUT2D eigenvalue weighted by Crippen LogP contribution is -2.38. The van der Waals surface area contributed by atoms with Gasteiger partial charge in [0.1, 0.15) is 11.5 Å². The number of imide groups is 1. The number of methoxy groups -OCH3 is 1. The van der Waals surface area contributed by atoms with Gasteiger partial charge in [0.05, 0.1) is 31.9 Å². The number of amides is 2. The molecule has 0 bridgehead atoms. The highest BCUT2D eigenvalue weighted by molar-refractivity contribution is 6.31. The van der Waals surface area contributed by atoms with Gasteiger partial charge in [0.25, 0.3) is 0 Å². The molecule has 3 aromatic carbocycles. The third-order valence-electron chi connectivity index (χ3n) is 6.75. The number of phenols is 1. The second kappa shape index (κ2) is 9.37. The zero-order valence-electron chi connectivity index (χ0n) is 19.8. The lowest BCUT2D eigenvalue weighted by molar-refractivity contribution is -0.118. The first kappa shape index (κ1) is 24.0. The fraction of sp³-hybridized carbons (Fsp3) is 0.259. The minimum atomic E-state index is -1.38. The van der Waals surface area contributed by atoms with Gasteiger partial charge < -0.3 is 24.6 Å². The standard InChI is InChI=1S/C27H25ClN2O6/c1-15-23(16-4-3-5-18(12-16)35-2)22(31)14-20(25(15)29-8-10-36-11-9-29)24-19-7-6-17(28)13-21(19)30(26(24)32)27(33)34/h3-7,12-14,24,31H,8-11H2,1-2H3,(H,33,34). The second-order valence-corrected chi connectivity index (χ2v) is 9.19. The van der Waals surface area contributed by atoms with E-state index in [2.05, 4.69) is 4.90 Å². The second-order valence-electron chi connectivity index (χ2n) is 8.76. The highest BCUT2D eigenvalue weighted by Gasteiger charge is 2.44. The molecule has 36 heavy (non-hydrogen) atoms. The summed E-state index contributed by atoms with van der Waals surface area (Å²) in [5.74, 6) is -0.889. The number of nitrogens with zero attached hydrogens (tertiary/aromatic N) is 2. The Balaban J connectivity index is 1.76. The van der Waals surface area contributed by atoms with Crippen LogP contribution in [0.5, 0.6) is 11.5 Å². The minimum Gasteiger partial charge on any atom is -0.507 e. The molecule has 3 aromatic rings. The number of fused-ring (bicyclic) bond motifs is 1. The molecule has 1 atom stereocenters. The van der Waals surface area contributed by atoms with E-state index in [4.69, 9.17) is 21.1 Å². The summed E-state index contributed by atoms with van der Waals surface area (Å²) in [6, 6.07) is 13.8. The molecule has 0 aliphatic carbocycles. The van der Waals surface area contributed by atoms with Crippen LogP contribution in [0.15, 0.2) is 48.5 Å². The Morgan fingerprint density at radius 1 is 1.11 bits per heavy atom. The molecule has 186 valence electrons. The average Bonchev–Trinajstić information content (AvgIpc) is 3.15. The van der Waals surface area contributed by atoms with Crippen LogP contribution in [-0.2, 0) is 9.53 Å². The van der Waals surface area contributed by atoms with Crippen LogP contribution in [0.2, 0.25) is 5.02 Å². The van der Waals surface area contributed by atoms with Crippen LogP contribution in [0.25, 0.3) is 11.1 Å². The summed E-state index contributed by atoms with van der Waals surface area (Å²) in [4.78, 5) is 28.5. The van der Waals surface area contributed by atoms with Crippen LogP contribution in [0.1, 0.15) is 22.6 Å². The number of aromatic hydroxyl groups is 1. The number of phenolic OH excluding ortho intramolecular Hbond substituents is 1. The van der Waals surface area contributed by atoms with Gasteiger partial charge in [0.2, 0.25) is 5.91 Å². The first-order valence-electron chi connectivity index (χ1n) is 11.5. The van der Waals surface area contributed by atoms with Crippen molar-refractivity contribution in [2.45, 2.75) is 12.8 Å². The molecule has 2 heterocycles. The molecular formula is C27H25ClN2O6. The molecule has 9 heteroatoms. The van der Waals surface area contributed by atoms with Crippen LogP contribution >= 0.6 is 11.6 Å². The lowest BCUT2D eigenvalue weighted by atomic mass is 9.85. The van der Waals surface area contributed by atoms with E-state index in [0.29, 0.717) is 53.8 Å². The molecule has 0 saturated carbocycles. The summed E-state index contributed by atoms with van der Waals surface area (Å²) in [5.41, 5.74) is 4.23. The van der Waals surface area contributed by atoms with Crippen LogP contribution in [0.3, 0.4) is 0 Å². The maximum absolute atomic E-state index is 13.6. The van der Waals surface area contributed by atoms with Gasteiger partial charge in [0.15, 0.2) is 0 Å². The molecule has 1 fully saturated rings. The molecule has 5 rings (SSSR count). The molecule has 0 aromatic heterocycles. The summed E-state index contributed by atoms with van der Waals surface area (Å²) in [6.45, 7) is 4.11. The fourth-order valence-corrected chi connectivity index (χ4v) is 5.38. The molecule has 2 N–H and O–H groups in total. The predicted octanol–water partition coefficient (Wildman–Crippen LogP) is 5.02. The number of hydrogen-bond acceptors (Lipinski definition) is 6. The summed E-state index contributed by atoms with van der Waals surface area (Å²) in [6.07, 6.45) is -1.38. The number of benzene rings is 3. The third kappa shape index (κ3) is 3.92. The molecule has 2 aliphatic heterocycles. The fourth-order valence-electron chi connectivity index (χ4n) is 5.22. The summed E-state index contributed by atoms with van der Waals surface area (Å²) >= 11 is 6.15. The maximum Gasteiger partial charge on any atom is 0.418 e. The molecule has 0 spiro atoms. The van der Waals surface area contributed by atoms with Crippen molar-refractivity contribution in [2.75, 3.05) is 43.2 Å². The number of morpholine rings is 1. The Kier molecular flexibility index (Phi) is 6.24. The topological polar surface area (TPSA) is 99.5 Å². The van der Waals surface area contributed by atoms with Gasteiger partial charge in [-0.25, -0.2) is 9.69 Å². The van der Waals surface area contributed by atoms with Gasteiger partial charge in [-0.15, -0.1) is 0 Å². The van der Waals surface area contributed by atoms with Gasteiger partial charge in [0, 0.05) is 29.4 Å². The van der Waals surface area contributed by atoms with E-state index < -0.39 is 17.9 Å². The summed E-state index contributed by atoms with van der Waals surface area (Å²) in [5, 5.41) is 21.4. The molecule has 8 nitrogen and oxygen atoms in total. The number of carboxylic acid groups (broad SMARTS) is 1. The molecule has 0 radical (unpaired) electrons. The number of halogens is 1. The highest BCUT2D eigenvalue weighted by Crippen LogP contribution is 2.50. The largest absolute Gasteiger partial charge is 0.507 e. The number of carbonyl (C=O) groups excluding carboxylic acids is 1. The van der Waals surface area contributed by atoms with E-state index in [-0.39, 0.29) is 11.4 Å². The van der Waals surface area contributed by atoms with Crippen molar-refractivity contribution in [3.8, 4) is 22.6 Å². The molecule has 1 unspecified atom stereocenters. The third-order valence-corrected chi connectivity index (χ3v) is 6.99. The van der Waals surface area contributed by atoms with E-state index >= 15 is 0 Å². The molecule has 1 saturated heterocycles. The number of ether oxygens (including phenoxy) is 2. The van der Waals surface area contributed by atoms with Crippen LogP contribution in [-0.4, -0.2) is 55.6 Å². The highest BCUT2D eigenvalue weighted by atomic mass is 35.5. The normalized spacial score (nSPS) is 17.3. The van der Waals surface area contributed by atoms with Crippen molar-refractivity contribution in [1.29, 1.82) is 0 Å². The minimum absolute atomic E-state index is 0.00940. The van der Waals surface area contributed by atoms with Gasteiger partial charge in [-0.1, -0.05) is 29.8 Å². The number of hydrogen-bond donors (Lipinski definition) is 2. The number of rotatable bonds is 4. The number of carbonyl (C=O) groups is 2. The smallest absolute Gasteiger partial charge is 0.418 e. The van der Waals surface area contributed by atoms with Gasteiger partial charge in [-0.2, -0.15) is 0 Å². The lowest BCUT2D eigenvalue weighted by Gasteiger charge is -2.34. The van der Waals surface area contributed by atoms with E-state index in [9.17, 15) is 19.8 Å². The van der Waals surface area contributed by atoms with Gasteiger partial charge in [-0.05, 0) is 59.5 Å². The van der Waals surface area contributed by atoms with Gasteiger partial charge in [-0.3, -0.25) is 4.79 Å². The van der Waals surface area contributed by atoms with Crippen LogP contribution in [0, 0.1) is 6.92 Å². The SMILES string of the molecule is COc1cccc(-c2c(O)cc(C3C(=O)N(C(=O)O)c4cc(Cl)ccc43)c(N3CCOCC3)c2C)c1. The van der Waals surface area contributed by atoms with Crippen LogP contribution < -0.4 is 14.5 Å². The van der Waals surface area contributed by atoms with E-state index in [1.165, 1.54) is 6.07 Å². The summed E-state index contributed by atoms with van der Waals surface area (Å²) in [7, 11) is 1.58. The molecular weight excluding hydrogens is 484 g/mol. The summed E-state index contributed by atoms with van der Waals surface area (Å²) < 4.78 is 10.9. The quantitative estimate of drug-likeness (QED) is 0.510. The van der Waals surface area contributed by atoms with Crippen molar-refractivity contribution in [1.82, 2.24) is 0 Å². The van der Waals surface area contributed by atoms with E-state index in [1.807, 2.05) is 31.2 Å². The molecule has 2 aliphatic rings. The van der Waals surface area contributed by atoms with Gasteiger partial charge >= 0.3 is 6.09 Å². The Hall–Kier alpha value is -3.75. The number of anilines is 2. The van der Waals surface area contributed by atoms with E-state index in [1.54, 1.807) is 25.3 Å². The Bertz CT molecular complexity index is 1370. The van der Waals surface area contributed by atoms with E-state index in [0.717, 1.165) is 21.7 Å². The van der Waals surface area contributed by atoms with Crippen molar-refractivity contribution in [3.63, 3.8) is 0 Å². The first-order chi connectivity index (χ1) is 17.3. The van der Waals surface area contributed by atoms with Crippen molar-refractivity contribution in [2.24, 2.45) is 0 Å². The maximum atomic E-state index is 13.6. The zero-order chi connectivity index (χ0) is 25.6. The predicted molar refractivity (Wildman–Crippen MR) is 137 cm³/mol. The average molecular weight is 509 g/mol. The Morgan fingerprint density at radius 3 is 2.56 bits per heavy atom. The van der Waals surface area contributed by atoms with Crippen molar-refractivity contribution < 1.29 is 29.3 Å². The first-order valence-corrected chi connectivity index (χ1v) is 11.9. The Morgan fingerprint density at radius 2 is 1.86 bits per heavy atom. The van der Waals surface area contributed by atoms with Crippen molar-refractivity contribution >= 4 is 35.0 Å².